The SMILES string of the molecule is COc1ccc(NC(=O)[C@H]2CCCN2)c(C)c1. The molecule has 0 unspecified atom stereocenters. The van der Waals surface area contributed by atoms with E-state index >= 15 is 0 Å². The lowest BCUT2D eigenvalue weighted by molar-refractivity contribution is -0.117. The van der Waals surface area contributed by atoms with Crippen molar-refractivity contribution in [3.63, 3.8) is 0 Å². The Morgan fingerprint density at radius 2 is 2.35 bits per heavy atom. The predicted octanol–water partition coefficient (Wildman–Crippen LogP) is 1.69. The van der Waals surface area contributed by atoms with Crippen molar-refractivity contribution in [2.45, 2.75) is 25.8 Å². The van der Waals surface area contributed by atoms with Crippen molar-refractivity contribution in [2.75, 3.05) is 19.0 Å². The summed E-state index contributed by atoms with van der Waals surface area (Å²) in [4.78, 5) is 11.9. The lowest BCUT2D eigenvalue weighted by atomic mass is 10.1. The van der Waals surface area contributed by atoms with Crippen molar-refractivity contribution in [1.29, 1.82) is 0 Å². The summed E-state index contributed by atoms with van der Waals surface area (Å²) in [6, 6.07) is 5.60. The molecule has 1 saturated heterocycles. The van der Waals surface area contributed by atoms with Gasteiger partial charge in [0.1, 0.15) is 5.75 Å². The molecular weight excluding hydrogens is 216 g/mol. The second-order valence-corrected chi connectivity index (χ2v) is 4.32. The van der Waals surface area contributed by atoms with Gasteiger partial charge in [-0.3, -0.25) is 4.79 Å². The maximum Gasteiger partial charge on any atom is 0.241 e. The first kappa shape index (κ1) is 11.9. The number of hydrogen-bond acceptors (Lipinski definition) is 3. The number of benzene rings is 1. The molecule has 2 rings (SSSR count). The quantitative estimate of drug-likeness (QED) is 0.837. The van der Waals surface area contributed by atoms with Crippen LogP contribution in [0.25, 0.3) is 0 Å². The van der Waals surface area contributed by atoms with Crippen molar-refractivity contribution >= 4 is 11.6 Å². The van der Waals surface area contributed by atoms with Gasteiger partial charge in [0.15, 0.2) is 0 Å². The highest BCUT2D eigenvalue weighted by Crippen LogP contribution is 2.21. The van der Waals surface area contributed by atoms with Gasteiger partial charge in [-0.05, 0) is 50.1 Å². The largest absolute Gasteiger partial charge is 0.497 e. The molecular formula is C13H18N2O2. The number of carbonyl (C=O) groups excluding carboxylic acids is 1. The Labute approximate surface area is 101 Å². The van der Waals surface area contributed by atoms with Crippen molar-refractivity contribution in [3.05, 3.63) is 23.8 Å². The van der Waals surface area contributed by atoms with Crippen LogP contribution in [0.15, 0.2) is 18.2 Å². The number of anilines is 1. The van der Waals surface area contributed by atoms with Crippen LogP contribution in [-0.4, -0.2) is 25.6 Å². The Bertz CT molecular complexity index is 412. The summed E-state index contributed by atoms with van der Waals surface area (Å²) in [6.45, 7) is 2.89. The Balaban J connectivity index is 2.05. The summed E-state index contributed by atoms with van der Waals surface area (Å²) < 4.78 is 5.13. The Morgan fingerprint density at radius 3 is 2.94 bits per heavy atom. The molecule has 1 atom stereocenters. The molecule has 1 aromatic rings. The molecule has 1 amide bonds. The highest BCUT2D eigenvalue weighted by Gasteiger charge is 2.22. The molecule has 0 aliphatic carbocycles. The van der Waals surface area contributed by atoms with Crippen LogP contribution in [0.1, 0.15) is 18.4 Å². The van der Waals surface area contributed by atoms with Crippen LogP contribution in [0.2, 0.25) is 0 Å². The number of ether oxygens (including phenoxy) is 1. The third kappa shape index (κ3) is 2.77. The van der Waals surface area contributed by atoms with Crippen LogP contribution < -0.4 is 15.4 Å². The monoisotopic (exact) mass is 234 g/mol. The average Bonchev–Trinajstić information content (AvgIpc) is 2.85. The summed E-state index contributed by atoms with van der Waals surface area (Å²) in [7, 11) is 1.63. The number of nitrogens with one attached hydrogen (secondary N) is 2. The second-order valence-electron chi connectivity index (χ2n) is 4.32. The zero-order valence-corrected chi connectivity index (χ0v) is 10.2. The maximum atomic E-state index is 11.9. The lowest BCUT2D eigenvalue weighted by Gasteiger charge is -2.13. The van der Waals surface area contributed by atoms with Crippen molar-refractivity contribution < 1.29 is 9.53 Å². The molecule has 0 saturated carbocycles. The summed E-state index contributed by atoms with van der Waals surface area (Å²) >= 11 is 0. The van der Waals surface area contributed by atoms with Crippen molar-refractivity contribution in [1.82, 2.24) is 5.32 Å². The van der Waals surface area contributed by atoms with Crippen LogP contribution in [0, 0.1) is 6.92 Å². The van der Waals surface area contributed by atoms with Gasteiger partial charge in [-0.2, -0.15) is 0 Å². The average molecular weight is 234 g/mol. The van der Waals surface area contributed by atoms with Crippen molar-refractivity contribution in [3.8, 4) is 5.75 Å². The fraction of sp³-hybridized carbons (Fsp3) is 0.462. The van der Waals surface area contributed by atoms with E-state index in [1.165, 1.54) is 0 Å². The normalized spacial score (nSPS) is 19.1. The van der Waals surface area contributed by atoms with Gasteiger partial charge in [-0.15, -0.1) is 0 Å². The first-order chi connectivity index (χ1) is 8.20. The maximum absolute atomic E-state index is 11.9. The molecule has 1 aromatic carbocycles. The van der Waals surface area contributed by atoms with Gasteiger partial charge in [-0.25, -0.2) is 0 Å². The number of amides is 1. The number of rotatable bonds is 3. The topological polar surface area (TPSA) is 50.4 Å². The zero-order chi connectivity index (χ0) is 12.3. The highest BCUT2D eigenvalue weighted by atomic mass is 16.5. The van der Waals surface area contributed by atoms with E-state index in [4.69, 9.17) is 4.74 Å². The first-order valence-electron chi connectivity index (χ1n) is 5.89. The van der Waals surface area contributed by atoms with Crippen molar-refractivity contribution in [2.24, 2.45) is 0 Å². The Kier molecular flexibility index (Phi) is 3.64. The van der Waals surface area contributed by atoms with E-state index in [2.05, 4.69) is 10.6 Å². The van der Waals surface area contributed by atoms with Gasteiger partial charge in [-0.1, -0.05) is 0 Å². The summed E-state index contributed by atoms with van der Waals surface area (Å²) in [6.07, 6.45) is 1.99. The molecule has 1 heterocycles. The Morgan fingerprint density at radius 1 is 1.53 bits per heavy atom. The van der Waals surface area contributed by atoms with Gasteiger partial charge in [0, 0.05) is 5.69 Å². The minimum Gasteiger partial charge on any atom is -0.497 e. The summed E-state index contributed by atoms with van der Waals surface area (Å²) in [5.41, 5.74) is 1.86. The highest BCUT2D eigenvalue weighted by molar-refractivity contribution is 5.95. The van der Waals surface area contributed by atoms with Crippen LogP contribution in [0.3, 0.4) is 0 Å². The Hall–Kier alpha value is -1.55. The van der Waals surface area contributed by atoms with Crippen LogP contribution in [-0.2, 0) is 4.79 Å². The fourth-order valence-electron chi connectivity index (χ4n) is 2.03. The van der Waals surface area contributed by atoms with E-state index in [1.54, 1.807) is 7.11 Å². The number of methoxy groups -OCH3 is 1. The number of aryl methyl sites for hydroxylation is 1. The fourth-order valence-corrected chi connectivity index (χ4v) is 2.03. The van der Waals surface area contributed by atoms with Gasteiger partial charge in [0.2, 0.25) is 5.91 Å². The minimum absolute atomic E-state index is 0.0449. The van der Waals surface area contributed by atoms with Crippen LogP contribution in [0.4, 0.5) is 5.69 Å². The van der Waals surface area contributed by atoms with Gasteiger partial charge in [0.25, 0.3) is 0 Å². The van der Waals surface area contributed by atoms with E-state index in [0.29, 0.717) is 0 Å². The molecule has 0 bridgehead atoms. The standard InChI is InChI=1S/C13H18N2O2/c1-9-8-10(17-2)5-6-11(9)15-13(16)12-4-3-7-14-12/h5-6,8,12,14H,3-4,7H2,1-2H3,(H,15,16)/t12-/m1/s1. The van der Waals surface area contributed by atoms with Crippen LogP contribution in [0.5, 0.6) is 5.75 Å². The molecule has 0 radical (unpaired) electrons. The summed E-state index contributed by atoms with van der Waals surface area (Å²) in [5, 5.41) is 6.13. The van der Waals surface area contributed by atoms with E-state index < -0.39 is 0 Å². The molecule has 0 aromatic heterocycles. The summed E-state index contributed by atoms with van der Waals surface area (Å²) in [5.74, 6) is 0.857. The lowest BCUT2D eigenvalue weighted by Crippen LogP contribution is -2.35. The molecule has 4 nitrogen and oxygen atoms in total. The van der Waals surface area contributed by atoms with E-state index in [-0.39, 0.29) is 11.9 Å². The minimum atomic E-state index is -0.0449. The third-order valence-corrected chi connectivity index (χ3v) is 3.07. The third-order valence-electron chi connectivity index (χ3n) is 3.07. The molecule has 17 heavy (non-hydrogen) atoms. The van der Waals surface area contributed by atoms with Gasteiger partial charge >= 0.3 is 0 Å². The first-order valence-corrected chi connectivity index (χ1v) is 5.89. The number of hydrogen-bond donors (Lipinski definition) is 2. The zero-order valence-electron chi connectivity index (χ0n) is 10.2. The molecule has 92 valence electrons. The predicted molar refractivity (Wildman–Crippen MR) is 67.4 cm³/mol. The smallest absolute Gasteiger partial charge is 0.241 e. The molecule has 4 heteroatoms. The molecule has 1 aliphatic heterocycles. The van der Waals surface area contributed by atoms with E-state index in [0.717, 1.165) is 36.4 Å². The van der Waals surface area contributed by atoms with Gasteiger partial charge < -0.3 is 15.4 Å². The molecule has 0 spiro atoms. The molecule has 1 fully saturated rings. The second kappa shape index (κ2) is 5.19. The van der Waals surface area contributed by atoms with Gasteiger partial charge in [0.05, 0.1) is 13.2 Å². The molecule has 1 aliphatic rings. The van der Waals surface area contributed by atoms with E-state index in [1.807, 2.05) is 25.1 Å². The molecule has 2 N–H and O–H groups in total. The number of carbonyl (C=O) groups is 1. The van der Waals surface area contributed by atoms with Crippen LogP contribution >= 0.6 is 0 Å². The van der Waals surface area contributed by atoms with E-state index in [9.17, 15) is 4.79 Å².